The van der Waals surface area contributed by atoms with Gasteiger partial charge in [-0.15, -0.1) is 0 Å². The van der Waals surface area contributed by atoms with E-state index in [4.69, 9.17) is 4.74 Å². The van der Waals surface area contributed by atoms with E-state index in [-0.39, 0.29) is 35.1 Å². The minimum atomic E-state index is -3.93. The highest BCUT2D eigenvalue weighted by Crippen LogP contribution is 2.31. The van der Waals surface area contributed by atoms with E-state index < -0.39 is 15.9 Å². The van der Waals surface area contributed by atoms with Crippen molar-refractivity contribution >= 4 is 21.8 Å². The van der Waals surface area contributed by atoms with Crippen molar-refractivity contribution in [1.82, 2.24) is 14.5 Å². The van der Waals surface area contributed by atoms with Crippen molar-refractivity contribution in [2.45, 2.75) is 4.90 Å². The minimum Gasteiger partial charge on any atom is -0.383 e. The molecule has 2 amide bonds. The summed E-state index contributed by atoms with van der Waals surface area (Å²) in [7, 11) is -2.50. The van der Waals surface area contributed by atoms with Crippen LogP contribution in [0.3, 0.4) is 0 Å². The quantitative estimate of drug-likeness (QED) is 0.786. The summed E-state index contributed by atoms with van der Waals surface area (Å²) in [4.78, 5) is 26.4. The molecule has 3 rings (SSSR count). The minimum absolute atomic E-state index is 0.0482. The molecule has 1 saturated heterocycles. The molecule has 0 unspecified atom stereocenters. The molecule has 0 radical (unpaired) electrons. The van der Waals surface area contributed by atoms with Crippen molar-refractivity contribution in [2.75, 3.05) is 46.4 Å². The van der Waals surface area contributed by atoms with Crippen LogP contribution >= 0.6 is 0 Å². The smallest absolute Gasteiger partial charge is 0.269 e. The summed E-state index contributed by atoms with van der Waals surface area (Å²) >= 11 is 0. The van der Waals surface area contributed by atoms with Gasteiger partial charge in [-0.25, -0.2) is 12.7 Å². The van der Waals surface area contributed by atoms with E-state index in [2.05, 4.69) is 5.32 Å². The van der Waals surface area contributed by atoms with E-state index in [9.17, 15) is 18.0 Å². The standard InChI is InChI=1S/C15H19N3O5S/c1-23-9-8-18-15(20)12-3-2-11(10-13(12)24(18,21)22)14(19)17-6-4-16-5-7-17/h2-3,10,16H,4-9H2,1H3. The Hall–Kier alpha value is -1.97. The van der Waals surface area contributed by atoms with Gasteiger partial charge in [0.25, 0.3) is 21.8 Å². The molecular weight excluding hydrogens is 334 g/mol. The number of piperazine rings is 1. The third kappa shape index (κ3) is 2.79. The highest BCUT2D eigenvalue weighted by Gasteiger charge is 2.41. The molecule has 0 spiro atoms. The number of nitrogens with one attached hydrogen (secondary N) is 1. The number of hydrogen-bond acceptors (Lipinski definition) is 6. The van der Waals surface area contributed by atoms with Crippen LogP contribution in [0, 0.1) is 0 Å². The lowest BCUT2D eigenvalue weighted by Crippen LogP contribution is -2.46. The van der Waals surface area contributed by atoms with Crippen molar-refractivity contribution in [3.63, 3.8) is 0 Å². The van der Waals surface area contributed by atoms with Crippen LogP contribution < -0.4 is 5.32 Å². The highest BCUT2D eigenvalue weighted by atomic mass is 32.2. The largest absolute Gasteiger partial charge is 0.383 e. The first kappa shape index (κ1) is 16.9. The van der Waals surface area contributed by atoms with E-state index in [0.717, 1.165) is 4.31 Å². The average molecular weight is 353 g/mol. The first-order chi connectivity index (χ1) is 11.5. The van der Waals surface area contributed by atoms with Crippen molar-refractivity contribution in [2.24, 2.45) is 0 Å². The zero-order valence-electron chi connectivity index (χ0n) is 13.3. The maximum Gasteiger partial charge on any atom is 0.269 e. The molecule has 0 aliphatic carbocycles. The van der Waals surface area contributed by atoms with E-state index in [1.165, 1.54) is 25.3 Å². The van der Waals surface area contributed by atoms with E-state index in [1.807, 2.05) is 0 Å². The molecule has 0 aromatic heterocycles. The van der Waals surface area contributed by atoms with Gasteiger partial charge in [-0.05, 0) is 18.2 Å². The lowest BCUT2D eigenvalue weighted by Gasteiger charge is -2.27. The van der Waals surface area contributed by atoms with Crippen LogP contribution in [0.5, 0.6) is 0 Å². The Kier molecular flexibility index (Phi) is 4.57. The number of rotatable bonds is 4. The molecule has 0 saturated carbocycles. The fourth-order valence-electron chi connectivity index (χ4n) is 2.85. The molecular formula is C15H19N3O5S. The predicted molar refractivity (Wildman–Crippen MR) is 85.3 cm³/mol. The number of methoxy groups -OCH3 is 1. The number of benzene rings is 1. The van der Waals surface area contributed by atoms with Gasteiger partial charge >= 0.3 is 0 Å². The Balaban J connectivity index is 1.92. The Morgan fingerprint density at radius 1 is 1.29 bits per heavy atom. The SMILES string of the molecule is COCCN1C(=O)c2ccc(C(=O)N3CCNCC3)cc2S1(=O)=O. The number of carbonyl (C=O) groups is 2. The molecule has 1 fully saturated rings. The third-order valence-corrected chi connectivity index (χ3v) is 5.98. The number of amides is 2. The number of nitrogens with zero attached hydrogens (tertiary/aromatic N) is 2. The third-order valence-electron chi connectivity index (χ3n) is 4.16. The van der Waals surface area contributed by atoms with E-state index >= 15 is 0 Å². The van der Waals surface area contributed by atoms with Crippen molar-refractivity contribution in [3.8, 4) is 0 Å². The summed E-state index contributed by atoms with van der Waals surface area (Å²) in [5.41, 5.74) is 0.378. The monoisotopic (exact) mass is 353 g/mol. The number of sulfonamides is 1. The molecule has 0 bridgehead atoms. The second kappa shape index (κ2) is 6.50. The van der Waals surface area contributed by atoms with Crippen molar-refractivity contribution in [1.29, 1.82) is 0 Å². The molecule has 2 aliphatic heterocycles. The van der Waals surface area contributed by atoms with Gasteiger partial charge in [0, 0.05) is 38.9 Å². The molecule has 1 N–H and O–H groups in total. The van der Waals surface area contributed by atoms with Gasteiger partial charge in [-0.1, -0.05) is 0 Å². The summed E-state index contributed by atoms with van der Waals surface area (Å²) < 4.78 is 30.8. The molecule has 2 heterocycles. The summed E-state index contributed by atoms with van der Waals surface area (Å²) in [5.74, 6) is -0.805. The van der Waals surface area contributed by atoms with Crippen LogP contribution in [-0.2, 0) is 14.8 Å². The zero-order valence-corrected chi connectivity index (χ0v) is 14.1. The first-order valence-corrected chi connectivity index (χ1v) is 9.11. The highest BCUT2D eigenvalue weighted by molar-refractivity contribution is 7.90. The van der Waals surface area contributed by atoms with Crippen LogP contribution in [0.1, 0.15) is 20.7 Å². The van der Waals surface area contributed by atoms with Gasteiger partial charge in [0.2, 0.25) is 0 Å². The van der Waals surface area contributed by atoms with Crippen LogP contribution in [0.4, 0.5) is 0 Å². The van der Waals surface area contributed by atoms with E-state index in [1.54, 1.807) is 4.90 Å². The Labute approximate surface area is 140 Å². The zero-order chi connectivity index (χ0) is 17.3. The van der Waals surface area contributed by atoms with E-state index in [0.29, 0.717) is 26.2 Å². The fourth-order valence-corrected chi connectivity index (χ4v) is 4.43. The Bertz CT molecular complexity index is 771. The Morgan fingerprint density at radius 3 is 2.67 bits per heavy atom. The lowest BCUT2D eigenvalue weighted by molar-refractivity contribution is 0.0734. The molecule has 2 aliphatic rings. The predicted octanol–water partition coefficient (Wildman–Crippen LogP) is -0.477. The van der Waals surface area contributed by atoms with Crippen LogP contribution in [0.25, 0.3) is 0 Å². The second-order valence-electron chi connectivity index (χ2n) is 5.63. The summed E-state index contributed by atoms with van der Waals surface area (Å²) in [6, 6.07) is 4.23. The fraction of sp³-hybridized carbons (Fsp3) is 0.467. The van der Waals surface area contributed by atoms with Gasteiger partial charge < -0.3 is 15.0 Å². The normalized spacial score (nSPS) is 19.5. The summed E-state index contributed by atoms with van der Waals surface area (Å²) in [5, 5.41) is 3.15. The molecule has 24 heavy (non-hydrogen) atoms. The average Bonchev–Trinajstić information content (AvgIpc) is 2.79. The number of fused-ring (bicyclic) bond motifs is 1. The topological polar surface area (TPSA) is 96.0 Å². The van der Waals surface area contributed by atoms with Gasteiger partial charge in [-0.2, -0.15) is 0 Å². The summed E-state index contributed by atoms with van der Waals surface area (Å²) in [6.45, 7) is 2.62. The molecule has 0 atom stereocenters. The lowest BCUT2D eigenvalue weighted by atomic mass is 10.1. The molecule has 1 aromatic rings. The van der Waals surface area contributed by atoms with Crippen LogP contribution in [0.2, 0.25) is 0 Å². The van der Waals surface area contributed by atoms with Gasteiger partial charge in [0.05, 0.1) is 18.7 Å². The van der Waals surface area contributed by atoms with Gasteiger partial charge in [0.15, 0.2) is 0 Å². The van der Waals surface area contributed by atoms with Crippen molar-refractivity contribution < 1.29 is 22.7 Å². The number of ether oxygens (including phenoxy) is 1. The number of carbonyl (C=O) groups excluding carboxylic acids is 2. The second-order valence-corrected chi connectivity index (χ2v) is 7.46. The molecule has 130 valence electrons. The molecule has 9 heteroatoms. The van der Waals surface area contributed by atoms with Crippen LogP contribution in [0.15, 0.2) is 23.1 Å². The number of hydrogen-bond donors (Lipinski definition) is 1. The Morgan fingerprint density at radius 2 is 2.00 bits per heavy atom. The molecule has 8 nitrogen and oxygen atoms in total. The maximum atomic E-state index is 12.6. The maximum absolute atomic E-state index is 12.6. The van der Waals surface area contributed by atoms with Gasteiger partial charge in [0.1, 0.15) is 4.90 Å². The first-order valence-electron chi connectivity index (χ1n) is 7.67. The van der Waals surface area contributed by atoms with Crippen molar-refractivity contribution in [3.05, 3.63) is 29.3 Å². The summed E-state index contributed by atoms with van der Waals surface area (Å²) in [6.07, 6.45) is 0. The van der Waals surface area contributed by atoms with Crippen LogP contribution in [-0.4, -0.2) is 75.9 Å². The molecule has 1 aromatic carbocycles. The van der Waals surface area contributed by atoms with Gasteiger partial charge in [-0.3, -0.25) is 9.59 Å².